The molecule has 0 unspecified atom stereocenters. The molecular formula is C16H16ClF3N2O. The Morgan fingerprint density at radius 1 is 1.22 bits per heavy atom. The van der Waals surface area contributed by atoms with Gasteiger partial charge in [0.2, 0.25) is 0 Å². The van der Waals surface area contributed by atoms with Gasteiger partial charge in [0.05, 0.1) is 17.8 Å². The molecule has 0 aliphatic rings. The van der Waals surface area contributed by atoms with Crippen molar-refractivity contribution in [2.24, 2.45) is 0 Å². The average molecular weight is 345 g/mol. The van der Waals surface area contributed by atoms with Crippen molar-refractivity contribution in [3.8, 4) is 0 Å². The van der Waals surface area contributed by atoms with Crippen LogP contribution >= 0.6 is 11.6 Å². The Labute approximate surface area is 137 Å². The molecule has 1 aromatic carbocycles. The Morgan fingerprint density at radius 2 is 1.87 bits per heavy atom. The molecule has 2 rings (SSSR count). The van der Waals surface area contributed by atoms with E-state index < -0.39 is 11.7 Å². The first-order valence-corrected chi connectivity index (χ1v) is 7.29. The lowest BCUT2D eigenvalue weighted by Crippen LogP contribution is -2.13. The third-order valence-electron chi connectivity index (χ3n) is 3.40. The van der Waals surface area contributed by atoms with Gasteiger partial charge >= 0.3 is 6.18 Å². The Hall–Kier alpha value is -1.82. The van der Waals surface area contributed by atoms with Crippen molar-refractivity contribution in [3.63, 3.8) is 0 Å². The molecule has 3 nitrogen and oxygen atoms in total. The van der Waals surface area contributed by atoms with Crippen LogP contribution in [0.5, 0.6) is 0 Å². The van der Waals surface area contributed by atoms with E-state index >= 15 is 0 Å². The molecule has 0 amide bonds. The number of halogens is 4. The van der Waals surface area contributed by atoms with Crippen LogP contribution in [0.4, 0.5) is 13.2 Å². The van der Waals surface area contributed by atoms with E-state index in [0.29, 0.717) is 17.5 Å². The number of aromatic nitrogens is 2. The number of alkyl halides is 3. The molecule has 7 heteroatoms. The lowest BCUT2D eigenvalue weighted by Gasteiger charge is -2.14. The van der Waals surface area contributed by atoms with Crippen molar-refractivity contribution in [1.82, 2.24) is 9.78 Å². The normalized spacial score (nSPS) is 12.5. The summed E-state index contributed by atoms with van der Waals surface area (Å²) in [7, 11) is 0. The van der Waals surface area contributed by atoms with Crippen molar-refractivity contribution in [2.75, 3.05) is 0 Å². The van der Waals surface area contributed by atoms with Crippen LogP contribution < -0.4 is 0 Å². The van der Waals surface area contributed by atoms with E-state index in [4.69, 9.17) is 11.6 Å². The molecule has 0 N–H and O–H groups in total. The summed E-state index contributed by atoms with van der Waals surface area (Å²) < 4.78 is 39.4. The zero-order valence-electron chi connectivity index (χ0n) is 12.9. The third kappa shape index (κ3) is 3.93. The van der Waals surface area contributed by atoms with E-state index in [9.17, 15) is 18.0 Å². The molecule has 0 aliphatic carbocycles. The molecular weight excluding hydrogens is 329 g/mol. The number of rotatable bonds is 3. The van der Waals surface area contributed by atoms with Gasteiger partial charge in [-0.1, -0.05) is 38.4 Å². The summed E-state index contributed by atoms with van der Waals surface area (Å²) in [6.07, 6.45) is -3.78. The van der Waals surface area contributed by atoms with Gasteiger partial charge in [-0.3, -0.25) is 9.48 Å². The molecule has 0 atom stereocenters. The number of hydrogen-bond donors (Lipinski definition) is 0. The highest BCUT2D eigenvalue weighted by molar-refractivity contribution is 6.31. The highest BCUT2D eigenvalue weighted by atomic mass is 35.5. The molecule has 0 fully saturated rings. The molecule has 0 saturated carbocycles. The highest BCUT2D eigenvalue weighted by Gasteiger charge is 2.31. The number of carbonyl (C=O) groups is 1. The van der Waals surface area contributed by atoms with Crippen molar-refractivity contribution in [3.05, 3.63) is 51.8 Å². The monoisotopic (exact) mass is 344 g/mol. The Morgan fingerprint density at radius 3 is 2.35 bits per heavy atom. The molecule has 23 heavy (non-hydrogen) atoms. The predicted octanol–water partition coefficient (Wildman–Crippen LogP) is 4.71. The van der Waals surface area contributed by atoms with Crippen molar-refractivity contribution >= 4 is 17.9 Å². The van der Waals surface area contributed by atoms with Crippen LogP contribution in [0.1, 0.15) is 48.1 Å². The lowest BCUT2D eigenvalue weighted by molar-refractivity contribution is -0.137. The first-order valence-electron chi connectivity index (χ1n) is 6.91. The van der Waals surface area contributed by atoms with Crippen LogP contribution in [-0.4, -0.2) is 16.1 Å². The van der Waals surface area contributed by atoms with Gasteiger partial charge < -0.3 is 0 Å². The molecule has 0 spiro atoms. The summed E-state index contributed by atoms with van der Waals surface area (Å²) in [5, 5.41) is 4.35. The molecule has 0 saturated heterocycles. The predicted molar refractivity (Wildman–Crippen MR) is 81.9 cm³/mol. The van der Waals surface area contributed by atoms with E-state index in [2.05, 4.69) is 5.10 Å². The van der Waals surface area contributed by atoms with Gasteiger partial charge in [-0.15, -0.1) is 0 Å². The molecule has 2 aromatic rings. The van der Waals surface area contributed by atoms with Gasteiger partial charge in [-0.25, -0.2) is 0 Å². The largest absolute Gasteiger partial charge is 0.416 e. The second-order valence-electron chi connectivity index (χ2n) is 6.28. The second kappa shape index (κ2) is 6.00. The quantitative estimate of drug-likeness (QED) is 0.755. The van der Waals surface area contributed by atoms with E-state index in [0.717, 1.165) is 17.8 Å². The maximum Gasteiger partial charge on any atom is 0.416 e. The van der Waals surface area contributed by atoms with Gasteiger partial charge in [-0.2, -0.15) is 18.3 Å². The van der Waals surface area contributed by atoms with Crippen molar-refractivity contribution in [2.45, 2.75) is 38.9 Å². The average Bonchev–Trinajstić information content (AvgIpc) is 2.83. The van der Waals surface area contributed by atoms with Gasteiger partial charge in [0.1, 0.15) is 5.69 Å². The summed E-state index contributed by atoms with van der Waals surface area (Å²) >= 11 is 5.95. The number of nitrogens with zero attached hydrogens (tertiary/aromatic N) is 2. The number of carbonyl (C=O) groups excluding carboxylic acids is 1. The van der Waals surface area contributed by atoms with Gasteiger partial charge in [0, 0.05) is 10.4 Å². The van der Waals surface area contributed by atoms with Gasteiger partial charge in [0.15, 0.2) is 6.29 Å². The Bertz CT molecular complexity index is 730. The third-order valence-corrected chi connectivity index (χ3v) is 3.75. The summed E-state index contributed by atoms with van der Waals surface area (Å²) in [4.78, 5) is 11.2. The second-order valence-corrected chi connectivity index (χ2v) is 6.69. The maximum atomic E-state index is 12.7. The zero-order chi connectivity index (χ0) is 17.4. The van der Waals surface area contributed by atoms with Crippen molar-refractivity contribution in [1.29, 1.82) is 0 Å². The van der Waals surface area contributed by atoms with Crippen LogP contribution in [0.25, 0.3) is 0 Å². The van der Waals surface area contributed by atoms with E-state index in [1.54, 1.807) is 6.07 Å². The van der Waals surface area contributed by atoms with Crippen molar-refractivity contribution < 1.29 is 18.0 Å². The zero-order valence-corrected chi connectivity index (χ0v) is 13.7. The summed E-state index contributed by atoms with van der Waals surface area (Å²) in [6.45, 7) is 6.00. The fraction of sp³-hybridized carbons (Fsp3) is 0.375. The highest BCUT2D eigenvalue weighted by Crippen LogP contribution is 2.32. The smallest absolute Gasteiger partial charge is 0.296 e. The van der Waals surface area contributed by atoms with Crippen LogP contribution in [-0.2, 0) is 18.1 Å². The maximum absolute atomic E-state index is 12.7. The molecule has 0 radical (unpaired) electrons. The number of hydrogen-bond acceptors (Lipinski definition) is 2. The number of benzene rings is 1. The molecule has 0 bridgehead atoms. The van der Waals surface area contributed by atoms with E-state index in [-0.39, 0.29) is 17.0 Å². The lowest BCUT2D eigenvalue weighted by atomic mass is 9.92. The molecule has 1 aromatic heterocycles. The minimum absolute atomic E-state index is 0.00974. The molecule has 1 heterocycles. The minimum atomic E-state index is -4.44. The minimum Gasteiger partial charge on any atom is -0.296 e. The fourth-order valence-corrected chi connectivity index (χ4v) is 2.27. The summed E-state index contributed by atoms with van der Waals surface area (Å²) in [5.41, 5.74) is 0.491. The first-order chi connectivity index (χ1) is 10.5. The topological polar surface area (TPSA) is 34.9 Å². The number of aldehydes is 1. The first kappa shape index (κ1) is 17.5. The molecule has 124 valence electrons. The van der Waals surface area contributed by atoms with E-state index in [1.165, 1.54) is 10.7 Å². The molecule has 0 aliphatic heterocycles. The van der Waals surface area contributed by atoms with Gasteiger partial charge in [-0.05, 0) is 23.8 Å². The fourth-order valence-electron chi connectivity index (χ4n) is 2.03. The standard InChI is InChI=1S/C16H16ClF3N2O/c1-15(2,3)14-7-12(9-23)22(21-14)8-10-4-5-11(6-13(10)17)16(18,19)20/h4-7,9H,8H2,1-3H3. The Kier molecular flexibility index (Phi) is 4.57. The van der Waals surface area contributed by atoms with Crippen LogP contribution in [0, 0.1) is 0 Å². The Balaban J connectivity index is 2.36. The van der Waals surface area contributed by atoms with Crippen LogP contribution in [0.3, 0.4) is 0 Å². The van der Waals surface area contributed by atoms with Crippen LogP contribution in [0.2, 0.25) is 5.02 Å². The van der Waals surface area contributed by atoms with Gasteiger partial charge in [0.25, 0.3) is 0 Å². The summed E-state index contributed by atoms with van der Waals surface area (Å²) in [6, 6.07) is 4.82. The SMILES string of the molecule is CC(C)(C)c1cc(C=O)n(Cc2ccc(C(F)(F)F)cc2Cl)n1. The summed E-state index contributed by atoms with van der Waals surface area (Å²) in [5.74, 6) is 0. The van der Waals surface area contributed by atoms with Crippen LogP contribution in [0.15, 0.2) is 24.3 Å². The van der Waals surface area contributed by atoms with E-state index in [1.807, 2.05) is 20.8 Å².